The van der Waals surface area contributed by atoms with Crippen LogP contribution >= 0.6 is 0 Å². The molecule has 0 aromatic rings. The maximum Gasteiger partial charge on any atom is 0.239 e. The van der Waals surface area contributed by atoms with Gasteiger partial charge in [0.2, 0.25) is 5.91 Å². The molecule has 80 valence electrons. The Balaban J connectivity index is 4.24. The highest BCUT2D eigenvalue weighted by molar-refractivity contribution is 5.81. The van der Waals surface area contributed by atoms with Gasteiger partial charge in [-0.3, -0.25) is 4.79 Å². The first-order valence-electron chi connectivity index (χ1n) is 4.90. The van der Waals surface area contributed by atoms with E-state index >= 15 is 0 Å². The summed E-state index contributed by atoms with van der Waals surface area (Å²) in [4.78, 5) is 13.2. The Hall–Kier alpha value is -1.08. The Bertz CT molecular complexity index is 218. The maximum atomic E-state index is 11.6. The average Bonchev–Trinajstić information content (AvgIpc) is 2.10. The van der Waals surface area contributed by atoms with Crippen molar-refractivity contribution in [1.29, 1.82) is 5.26 Å². The lowest BCUT2D eigenvalue weighted by Gasteiger charge is -2.25. The average molecular weight is 197 g/mol. The predicted octanol–water partition coefficient (Wildman–Crippen LogP) is 0.732. The van der Waals surface area contributed by atoms with Crippen LogP contribution in [0.15, 0.2) is 0 Å². The molecule has 4 heteroatoms. The van der Waals surface area contributed by atoms with Crippen molar-refractivity contribution in [3.05, 3.63) is 0 Å². The molecule has 0 aliphatic rings. The molecular weight excluding hydrogens is 178 g/mol. The number of nitriles is 1. The van der Waals surface area contributed by atoms with E-state index in [2.05, 4.69) is 0 Å². The van der Waals surface area contributed by atoms with Crippen molar-refractivity contribution in [2.45, 2.75) is 33.2 Å². The minimum atomic E-state index is -0.479. The van der Waals surface area contributed by atoms with Gasteiger partial charge in [-0.2, -0.15) is 5.26 Å². The van der Waals surface area contributed by atoms with Crippen molar-refractivity contribution in [2.24, 2.45) is 11.7 Å². The van der Waals surface area contributed by atoms with Gasteiger partial charge in [-0.1, -0.05) is 13.8 Å². The summed E-state index contributed by atoms with van der Waals surface area (Å²) in [6, 6.07) is 1.55. The van der Waals surface area contributed by atoms with Crippen molar-refractivity contribution in [1.82, 2.24) is 4.90 Å². The van der Waals surface area contributed by atoms with Crippen LogP contribution in [0.25, 0.3) is 0 Å². The number of carbonyl (C=O) groups is 1. The van der Waals surface area contributed by atoms with E-state index in [1.807, 2.05) is 19.9 Å². The van der Waals surface area contributed by atoms with Crippen LogP contribution < -0.4 is 5.73 Å². The van der Waals surface area contributed by atoms with Crippen molar-refractivity contribution >= 4 is 5.91 Å². The SMILES string of the molecule is CC(C)CN(CCC#N)C(=O)C(C)N. The number of hydrogen-bond donors (Lipinski definition) is 1. The summed E-state index contributed by atoms with van der Waals surface area (Å²) >= 11 is 0. The third-order valence-electron chi connectivity index (χ3n) is 1.78. The Morgan fingerprint density at radius 1 is 1.50 bits per heavy atom. The fourth-order valence-corrected chi connectivity index (χ4v) is 1.21. The molecule has 1 unspecified atom stereocenters. The van der Waals surface area contributed by atoms with Crippen LogP contribution in [0, 0.1) is 17.2 Å². The molecule has 0 saturated carbocycles. The molecule has 4 nitrogen and oxygen atoms in total. The second-order valence-corrected chi connectivity index (χ2v) is 3.87. The normalized spacial score (nSPS) is 12.3. The van der Waals surface area contributed by atoms with E-state index in [4.69, 9.17) is 11.0 Å². The van der Waals surface area contributed by atoms with Gasteiger partial charge >= 0.3 is 0 Å². The quantitative estimate of drug-likeness (QED) is 0.706. The first-order valence-corrected chi connectivity index (χ1v) is 4.90. The van der Waals surface area contributed by atoms with Crippen LogP contribution in [0.3, 0.4) is 0 Å². The van der Waals surface area contributed by atoms with Gasteiger partial charge in [0.15, 0.2) is 0 Å². The molecular formula is C10H19N3O. The zero-order chi connectivity index (χ0) is 11.1. The molecule has 0 spiro atoms. The zero-order valence-electron chi connectivity index (χ0n) is 9.16. The summed E-state index contributed by atoms with van der Waals surface area (Å²) in [6.07, 6.45) is 0.366. The van der Waals surface area contributed by atoms with Crippen LogP contribution in [-0.2, 0) is 4.79 Å². The van der Waals surface area contributed by atoms with E-state index in [1.165, 1.54) is 0 Å². The molecule has 1 amide bonds. The third kappa shape index (κ3) is 4.83. The summed E-state index contributed by atoms with van der Waals surface area (Å²) < 4.78 is 0. The van der Waals surface area contributed by atoms with Gasteiger partial charge in [0.25, 0.3) is 0 Å². The number of nitrogens with two attached hydrogens (primary N) is 1. The number of amides is 1. The van der Waals surface area contributed by atoms with Gasteiger partial charge in [0.1, 0.15) is 0 Å². The van der Waals surface area contributed by atoms with E-state index < -0.39 is 6.04 Å². The van der Waals surface area contributed by atoms with Gasteiger partial charge in [0, 0.05) is 13.1 Å². The highest BCUT2D eigenvalue weighted by Gasteiger charge is 2.17. The summed E-state index contributed by atoms with van der Waals surface area (Å²) in [5.41, 5.74) is 5.51. The van der Waals surface area contributed by atoms with Crippen molar-refractivity contribution < 1.29 is 4.79 Å². The Morgan fingerprint density at radius 2 is 2.07 bits per heavy atom. The summed E-state index contributed by atoms with van der Waals surface area (Å²) in [6.45, 7) is 6.89. The molecule has 0 fully saturated rings. The molecule has 1 atom stereocenters. The zero-order valence-corrected chi connectivity index (χ0v) is 9.16. The minimum absolute atomic E-state index is 0.0750. The van der Waals surface area contributed by atoms with Crippen LogP contribution in [0.4, 0.5) is 0 Å². The first kappa shape index (κ1) is 12.9. The van der Waals surface area contributed by atoms with Gasteiger partial charge in [-0.15, -0.1) is 0 Å². The van der Waals surface area contributed by atoms with E-state index in [0.717, 1.165) is 0 Å². The lowest BCUT2D eigenvalue weighted by atomic mass is 10.2. The second kappa shape index (κ2) is 6.39. The number of hydrogen-bond acceptors (Lipinski definition) is 3. The molecule has 2 N–H and O–H groups in total. The molecule has 0 bridgehead atoms. The van der Waals surface area contributed by atoms with E-state index in [0.29, 0.717) is 25.4 Å². The maximum absolute atomic E-state index is 11.6. The third-order valence-corrected chi connectivity index (χ3v) is 1.78. The first-order chi connectivity index (χ1) is 6.49. The van der Waals surface area contributed by atoms with Gasteiger partial charge < -0.3 is 10.6 Å². The molecule has 0 aromatic carbocycles. The van der Waals surface area contributed by atoms with Crippen molar-refractivity contribution in [3.63, 3.8) is 0 Å². The fraction of sp³-hybridized carbons (Fsp3) is 0.800. The fourth-order valence-electron chi connectivity index (χ4n) is 1.21. The Kier molecular flexibility index (Phi) is 5.89. The van der Waals surface area contributed by atoms with Gasteiger partial charge in [0.05, 0.1) is 18.5 Å². The Labute approximate surface area is 85.7 Å². The topological polar surface area (TPSA) is 70.1 Å². The summed E-state index contributed by atoms with van der Waals surface area (Å²) in [7, 11) is 0. The lowest BCUT2D eigenvalue weighted by molar-refractivity contribution is -0.132. The van der Waals surface area contributed by atoms with E-state index in [9.17, 15) is 4.79 Å². The highest BCUT2D eigenvalue weighted by atomic mass is 16.2. The number of carbonyl (C=O) groups excluding carboxylic acids is 1. The molecule has 0 saturated heterocycles. The molecule has 0 radical (unpaired) electrons. The van der Waals surface area contributed by atoms with Crippen LogP contribution in [0.5, 0.6) is 0 Å². The van der Waals surface area contributed by atoms with Crippen LogP contribution in [0.1, 0.15) is 27.2 Å². The van der Waals surface area contributed by atoms with Crippen molar-refractivity contribution in [3.8, 4) is 6.07 Å². The summed E-state index contributed by atoms with van der Waals surface area (Å²) in [5.74, 6) is 0.324. The minimum Gasteiger partial charge on any atom is -0.340 e. The lowest BCUT2D eigenvalue weighted by Crippen LogP contribution is -2.44. The summed E-state index contributed by atoms with van der Waals surface area (Å²) in [5, 5.41) is 8.45. The predicted molar refractivity (Wildman–Crippen MR) is 55.3 cm³/mol. The molecule has 0 aliphatic carbocycles. The van der Waals surface area contributed by atoms with Crippen LogP contribution in [0.2, 0.25) is 0 Å². The second-order valence-electron chi connectivity index (χ2n) is 3.87. The number of nitrogens with zero attached hydrogens (tertiary/aromatic N) is 2. The standard InChI is InChI=1S/C10H19N3O/c1-8(2)7-13(6-4-5-11)10(14)9(3)12/h8-9H,4,6-7,12H2,1-3H3. The number of rotatable bonds is 5. The smallest absolute Gasteiger partial charge is 0.239 e. The van der Waals surface area contributed by atoms with E-state index in [-0.39, 0.29) is 5.91 Å². The van der Waals surface area contributed by atoms with Crippen LogP contribution in [-0.4, -0.2) is 29.9 Å². The molecule has 14 heavy (non-hydrogen) atoms. The molecule has 0 aliphatic heterocycles. The molecule has 0 heterocycles. The molecule has 0 rings (SSSR count). The molecule has 0 aromatic heterocycles. The van der Waals surface area contributed by atoms with Gasteiger partial charge in [-0.05, 0) is 12.8 Å². The monoisotopic (exact) mass is 197 g/mol. The van der Waals surface area contributed by atoms with Crippen molar-refractivity contribution in [2.75, 3.05) is 13.1 Å². The van der Waals surface area contributed by atoms with E-state index in [1.54, 1.807) is 11.8 Å². The largest absolute Gasteiger partial charge is 0.340 e. The van der Waals surface area contributed by atoms with Gasteiger partial charge in [-0.25, -0.2) is 0 Å². The Morgan fingerprint density at radius 3 is 2.43 bits per heavy atom. The highest BCUT2D eigenvalue weighted by Crippen LogP contribution is 2.02.